The molecule has 1 unspecified atom stereocenters. The topological polar surface area (TPSA) is 62.1 Å². The van der Waals surface area contributed by atoms with Crippen LogP contribution in [0.15, 0.2) is 36.4 Å². The van der Waals surface area contributed by atoms with Gasteiger partial charge in [-0.25, -0.2) is 0 Å². The third-order valence-corrected chi connectivity index (χ3v) is 4.40. The summed E-state index contributed by atoms with van der Waals surface area (Å²) in [5.74, 6) is 0.418. The Hall–Kier alpha value is -2.32. The quantitative estimate of drug-likeness (QED) is 0.890. The minimum atomic E-state index is -0.585. The highest BCUT2D eigenvalue weighted by Gasteiger charge is 2.14. The number of nitriles is 1. The van der Waals surface area contributed by atoms with Gasteiger partial charge in [0.15, 0.2) is 6.10 Å². The van der Waals surface area contributed by atoms with Crippen LogP contribution in [0.3, 0.4) is 0 Å². The van der Waals surface area contributed by atoms with Crippen molar-refractivity contribution >= 4 is 17.2 Å². The molecule has 2 aromatic rings. The van der Waals surface area contributed by atoms with Gasteiger partial charge < -0.3 is 10.1 Å². The number of amides is 1. The summed E-state index contributed by atoms with van der Waals surface area (Å²) in [5, 5.41) is 11.6. The standard InChI is InChI=1S/C17H18N2O2S/c1-3-15-8-9-16(22-15)11-19-17(20)12(2)21-14-6-4-13(10-18)5-7-14/h4-9,12H,3,11H2,1-2H3,(H,19,20). The maximum absolute atomic E-state index is 12.0. The average molecular weight is 314 g/mol. The number of thiophene rings is 1. The van der Waals surface area contributed by atoms with Crippen molar-refractivity contribution in [2.24, 2.45) is 0 Å². The number of carbonyl (C=O) groups excluding carboxylic acids is 1. The zero-order valence-electron chi connectivity index (χ0n) is 12.6. The zero-order valence-corrected chi connectivity index (χ0v) is 13.4. The molecule has 1 amide bonds. The molecule has 0 aliphatic carbocycles. The molecule has 1 atom stereocenters. The monoisotopic (exact) mass is 314 g/mol. The fraction of sp³-hybridized carbons (Fsp3) is 0.294. The molecule has 114 valence electrons. The Morgan fingerprint density at radius 3 is 2.55 bits per heavy atom. The van der Waals surface area contributed by atoms with Crippen LogP contribution in [0.25, 0.3) is 0 Å². The van der Waals surface area contributed by atoms with Crippen molar-refractivity contribution in [1.82, 2.24) is 5.32 Å². The fourth-order valence-electron chi connectivity index (χ4n) is 1.89. The number of benzene rings is 1. The number of carbonyl (C=O) groups is 1. The van der Waals surface area contributed by atoms with Gasteiger partial charge in [-0.05, 0) is 49.7 Å². The molecular formula is C17H18N2O2S. The molecule has 0 saturated carbocycles. The minimum absolute atomic E-state index is 0.157. The van der Waals surface area contributed by atoms with Gasteiger partial charge in [0.2, 0.25) is 0 Å². The van der Waals surface area contributed by atoms with E-state index >= 15 is 0 Å². The zero-order chi connectivity index (χ0) is 15.9. The number of nitrogens with one attached hydrogen (secondary N) is 1. The molecule has 0 aliphatic heterocycles. The highest BCUT2D eigenvalue weighted by Crippen LogP contribution is 2.17. The summed E-state index contributed by atoms with van der Waals surface area (Å²) in [6, 6.07) is 12.9. The van der Waals surface area contributed by atoms with Gasteiger partial charge in [0.1, 0.15) is 5.75 Å². The fourth-order valence-corrected chi connectivity index (χ4v) is 2.79. The first kappa shape index (κ1) is 16.1. The van der Waals surface area contributed by atoms with E-state index in [-0.39, 0.29) is 5.91 Å². The van der Waals surface area contributed by atoms with Gasteiger partial charge in [0.25, 0.3) is 5.91 Å². The van der Waals surface area contributed by atoms with Crippen LogP contribution in [0, 0.1) is 11.3 Å². The van der Waals surface area contributed by atoms with Crippen LogP contribution in [0.5, 0.6) is 5.75 Å². The van der Waals surface area contributed by atoms with Crippen molar-refractivity contribution in [1.29, 1.82) is 5.26 Å². The van der Waals surface area contributed by atoms with Gasteiger partial charge in [-0.3, -0.25) is 4.79 Å². The number of ether oxygens (including phenoxy) is 1. The number of aryl methyl sites for hydroxylation is 1. The van der Waals surface area contributed by atoms with Gasteiger partial charge in [0.05, 0.1) is 18.2 Å². The lowest BCUT2D eigenvalue weighted by Gasteiger charge is -2.14. The van der Waals surface area contributed by atoms with Gasteiger partial charge in [0, 0.05) is 9.75 Å². The SMILES string of the molecule is CCc1ccc(CNC(=O)C(C)Oc2ccc(C#N)cc2)s1. The van der Waals surface area contributed by atoms with E-state index in [1.54, 1.807) is 42.5 Å². The second-order valence-electron chi connectivity index (χ2n) is 4.84. The molecule has 1 N–H and O–H groups in total. The first-order valence-electron chi connectivity index (χ1n) is 7.14. The second-order valence-corrected chi connectivity index (χ2v) is 6.09. The molecule has 1 aromatic heterocycles. The lowest BCUT2D eigenvalue weighted by atomic mass is 10.2. The van der Waals surface area contributed by atoms with Gasteiger partial charge in [-0.15, -0.1) is 11.3 Å². The summed E-state index contributed by atoms with van der Waals surface area (Å²) < 4.78 is 5.57. The lowest BCUT2D eigenvalue weighted by molar-refractivity contribution is -0.127. The molecule has 22 heavy (non-hydrogen) atoms. The molecule has 4 nitrogen and oxygen atoms in total. The van der Waals surface area contributed by atoms with Crippen LogP contribution in [-0.4, -0.2) is 12.0 Å². The Labute approximate surface area is 134 Å². The second kappa shape index (κ2) is 7.62. The lowest BCUT2D eigenvalue weighted by Crippen LogP contribution is -2.35. The Kier molecular flexibility index (Phi) is 5.56. The summed E-state index contributed by atoms with van der Waals surface area (Å²) in [4.78, 5) is 14.5. The molecule has 0 aliphatic rings. The third-order valence-electron chi connectivity index (χ3n) is 3.17. The van der Waals surface area contributed by atoms with Gasteiger partial charge >= 0.3 is 0 Å². The molecule has 1 heterocycles. The van der Waals surface area contributed by atoms with E-state index in [2.05, 4.69) is 18.3 Å². The summed E-state index contributed by atoms with van der Waals surface area (Å²) in [7, 11) is 0. The van der Waals surface area contributed by atoms with Gasteiger partial charge in [-0.1, -0.05) is 6.92 Å². The van der Waals surface area contributed by atoms with Crippen molar-refractivity contribution in [2.75, 3.05) is 0 Å². The van der Waals surface area contributed by atoms with E-state index in [1.165, 1.54) is 4.88 Å². The number of hydrogen-bond donors (Lipinski definition) is 1. The largest absolute Gasteiger partial charge is 0.481 e. The first-order valence-corrected chi connectivity index (χ1v) is 7.96. The molecule has 0 radical (unpaired) electrons. The van der Waals surface area contributed by atoms with E-state index in [0.29, 0.717) is 17.9 Å². The average Bonchev–Trinajstić information content (AvgIpc) is 3.01. The highest BCUT2D eigenvalue weighted by atomic mass is 32.1. The van der Waals surface area contributed by atoms with Crippen LogP contribution in [-0.2, 0) is 17.8 Å². The Morgan fingerprint density at radius 2 is 1.95 bits per heavy atom. The third kappa shape index (κ3) is 4.34. The molecule has 1 aromatic carbocycles. The predicted molar refractivity (Wildman–Crippen MR) is 86.8 cm³/mol. The minimum Gasteiger partial charge on any atom is -0.481 e. The van der Waals surface area contributed by atoms with Crippen molar-refractivity contribution in [3.05, 3.63) is 51.7 Å². The van der Waals surface area contributed by atoms with E-state index in [4.69, 9.17) is 10.00 Å². The van der Waals surface area contributed by atoms with E-state index in [0.717, 1.165) is 11.3 Å². The Balaban J connectivity index is 1.84. The summed E-state index contributed by atoms with van der Waals surface area (Å²) in [6.45, 7) is 4.34. The van der Waals surface area contributed by atoms with Crippen LogP contribution in [0.4, 0.5) is 0 Å². The molecule has 2 rings (SSSR count). The maximum atomic E-state index is 12.0. The Morgan fingerprint density at radius 1 is 1.27 bits per heavy atom. The van der Waals surface area contributed by atoms with Crippen molar-refractivity contribution in [3.8, 4) is 11.8 Å². The van der Waals surface area contributed by atoms with Crippen LogP contribution in [0.2, 0.25) is 0 Å². The molecule has 0 fully saturated rings. The molecular weight excluding hydrogens is 296 g/mol. The van der Waals surface area contributed by atoms with Crippen LogP contribution < -0.4 is 10.1 Å². The molecule has 0 saturated heterocycles. The maximum Gasteiger partial charge on any atom is 0.261 e. The van der Waals surface area contributed by atoms with Crippen LogP contribution in [0.1, 0.15) is 29.2 Å². The van der Waals surface area contributed by atoms with E-state index < -0.39 is 6.10 Å². The first-order chi connectivity index (χ1) is 10.6. The van der Waals surface area contributed by atoms with Crippen molar-refractivity contribution in [3.63, 3.8) is 0 Å². The predicted octanol–water partition coefficient (Wildman–Crippen LogP) is 3.27. The number of nitrogens with zero attached hydrogens (tertiary/aromatic N) is 1. The Bertz CT molecular complexity index is 671. The smallest absolute Gasteiger partial charge is 0.261 e. The summed E-state index contributed by atoms with van der Waals surface area (Å²) >= 11 is 1.71. The van der Waals surface area contributed by atoms with Gasteiger partial charge in [-0.2, -0.15) is 5.26 Å². The van der Waals surface area contributed by atoms with Crippen LogP contribution >= 0.6 is 11.3 Å². The normalized spacial score (nSPS) is 11.5. The van der Waals surface area contributed by atoms with Crippen molar-refractivity contribution in [2.45, 2.75) is 32.9 Å². The summed E-state index contributed by atoms with van der Waals surface area (Å²) in [6.07, 6.45) is 0.426. The van der Waals surface area contributed by atoms with E-state index in [9.17, 15) is 4.79 Å². The van der Waals surface area contributed by atoms with E-state index in [1.807, 2.05) is 12.1 Å². The van der Waals surface area contributed by atoms with Crippen molar-refractivity contribution < 1.29 is 9.53 Å². The molecule has 0 spiro atoms. The molecule has 0 bridgehead atoms. The highest BCUT2D eigenvalue weighted by molar-refractivity contribution is 7.11. The number of rotatable bonds is 6. The number of hydrogen-bond acceptors (Lipinski definition) is 4. The molecule has 5 heteroatoms. The summed E-state index contributed by atoms with van der Waals surface area (Å²) in [5.41, 5.74) is 0.564.